The van der Waals surface area contributed by atoms with E-state index < -0.39 is 33.3 Å². The van der Waals surface area contributed by atoms with E-state index in [2.05, 4.69) is 11.2 Å². The molecule has 0 radical (unpaired) electrons. The smallest absolute Gasteiger partial charge is 0.331 e. The maximum Gasteiger partial charge on any atom is 0.416 e. The van der Waals surface area contributed by atoms with Crippen LogP contribution in [0.5, 0.6) is 0 Å². The third-order valence-electron chi connectivity index (χ3n) is 7.33. The Morgan fingerprint density at radius 1 is 1.00 bits per heavy atom. The van der Waals surface area contributed by atoms with E-state index in [1.807, 2.05) is 27.2 Å². The molecule has 4 rings (SSSR count). The molecule has 232 valence electrons. The first-order chi connectivity index (χ1) is 20.6. The Kier molecular flexibility index (Phi) is 9.09. The van der Waals surface area contributed by atoms with E-state index in [1.54, 1.807) is 19.1 Å². The summed E-state index contributed by atoms with van der Waals surface area (Å²) < 4.78 is 69.1. The summed E-state index contributed by atoms with van der Waals surface area (Å²) in [6, 6.07) is 13.9. The minimum absolute atomic E-state index is 0.00977. The molecular formula is C30H33F3N7O3S+. The van der Waals surface area contributed by atoms with Gasteiger partial charge in [-0.25, -0.2) is 22.5 Å². The van der Waals surface area contributed by atoms with E-state index in [4.69, 9.17) is 0 Å². The number of benzene rings is 2. The van der Waals surface area contributed by atoms with Crippen molar-refractivity contribution in [2.24, 2.45) is 0 Å². The molecule has 1 atom stereocenters. The topological polar surface area (TPSA) is 125 Å². The van der Waals surface area contributed by atoms with E-state index in [9.17, 15) is 36.9 Å². The third kappa shape index (κ3) is 7.04. The number of nitriles is 2. The van der Waals surface area contributed by atoms with Crippen molar-refractivity contribution in [2.45, 2.75) is 38.5 Å². The standard InChI is InChI=1S/C30H33F3N7O3S/c1-21-26(20-35)27(23-12-10-22(19-34)11-13-23)39-28(38(21)25-9-5-8-24(18-25)30(31,32)33)36-37(29(39)41)14-6-16-44(42,43)17-7-15-40(2,3)4/h5,8-13,18,27H,6-7,14-17H2,1-4H3/q+1. The molecule has 10 nitrogen and oxygen atoms in total. The van der Waals surface area contributed by atoms with Gasteiger partial charge in [0.2, 0.25) is 5.95 Å². The highest BCUT2D eigenvalue weighted by atomic mass is 32.2. The average Bonchev–Trinajstić information content (AvgIpc) is 3.26. The molecule has 1 aliphatic heterocycles. The monoisotopic (exact) mass is 628 g/mol. The second-order valence-electron chi connectivity index (χ2n) is 11.7. The quantitative estimate of drug-likeness (QED) is 0.305. The molecule has 0 aliphatic carbocycles. The number of alkyl halides is 3. The zero-order valence-electron chi connectivity index (χ0n) is 24.8. The molecule has 0 bridgehead atoms. The number of aromatic nitrogens is 3. The number of hydrogen-bond donors (Lipinski definition) is 0. The molecule has 3 aromatic rings. The van der Waals surface area contributed by atoms with E-state index in [0.717, 1.165) is 16.8 Å². The molecule has 0 amide bonds. The molecule has 0 fully saturated rings. The first-order valence-corrected chi connectivity index (χ1v) is 15.7. The maximum absolute atomic E-state index is 13.9. The summed E-state index contributed by atoms with van der Waals surface area (Å²) in [5.41, 5.74) is -0.312. The molecule has 0 N–H and O–H groups in total. The molecule has 2 heterocycles. The van der Waals surface area contributed by atoms with Gasteiger partial charge < -0.3 is 4.48 Å². The van der Waals surface area contributed by atoms with Gasteiger partial charge in [-0.15, -0.1) is 5.10 Å². The summed E-state index contributed by atoms with van der Waals surface area (Å²) in [5.74, 6) is -0.183. The van der Waals surface area contributed by atoms with Crippen molar-refractivity contribution in [1.29, 1.82) is 10.5 Å². The summed E-state index contributed by atoms with van der Waals surface area (Å²) in [6.45, 7) is 2.18. The van der Waals surface area contributed by atoms with Crippen molar-refractivity contribution in [1.82, 2.24) is 14.3 Å². The summed E-state index contributed by atoms with van der Waals surface area (Å²) >= 11 is 0. The van der Waals surface area contributed by atoms with E-state index in [-0.39, 0.29) is 47.4 Å². The minimum Gasteiger partial charge on any atom is -0.331 e. The lowest BCUT2D eigenvalue weighted by Gasteiger charge is -2.34. The lowest BCUT2D eigenvalue weighted by atomic mass is 9.94. The van der Waals surface area contributed by atoms with E-state index in [1.165, 1.54) is 33.7 Å². The lowest BCUT2D eigenvalue weighted by Crippen LogP contribution is -2.36. The maximum atomic E-state index is 13.9. The Bertz CT molecular complexity index is 1820. The Morgan fingerprint density at radius 2 is 1.66 bits per heavy atom. The Labute approximate surface area is 254 Å². The molecule has 1 aromatic heterocycles. The number of fused-ring (bicyclic) bond motifs is 1. The number of rotatable bonds is 10. The van der Waals surface area contributed by atoms with Crippen molar-refractivity contribution < 1.29 is 26.1 Å². The second kappa shape index (κ2) is 12.3. The number of allylic oxidation sites excluding steroid dienone is 2. The van der Waals surface area contributed by atoms with Crippen LogP contribution in [-0.4, -0.2) is 66.4 Å². The highest BCUT2D eigenvalue weighted by Gasteiger charge is 2.38. The fourth-order valence-corrected chi connectivity index (χ4v) is 6.50. The Morgan fingerprint density at radius 3 is 2.25 bits per heavy atom. The van der Waals surface area contributed by atoms with Gasteiger partial charge in [0, 0.05) is 24.4 Å². The van der Waals surface area contributed by atoms with Crippen molar-refractivity contribution in [3.63, 3.8) is 0 Å². The van der Waals surface area contributed by atoms with Gasteiger partial charge >= 0.3 is 11.9 Å². The number of nitrogens with zero attached hydrogens (tertiary/aromatic N) is 7. The van der Waals surface area contributed by atoms with Crippen molar-refractivity contribution in [2.75, 3.05) is 44.1 Å². The number of sulfone groups is 1. The van der Waals surface area contributed by atoms with Crippen LogP contribution in [0, 0.1) is 22.7 Å². The normalized spacial score (nSPS) is 15.6. The number of anilines is 2. The van der Waals surface area contributed by atoms with Gasteiger partial charge in [0.15, 0.2) is 9.84 Å². The summed E-state index contributed by atoms with van der Waals surface area (Å²) in [5, 5.41) is 23.9. The van der Waals surface area contributed by atoms with Gasteiger partial charge in [-0.2, -0.15) is 23.7 Å². The van der Waals surface area contributed by atoms with Crippen LogP contribution in [0.4, 0.5) is 24.8 Å². The number of aryl methyl sites for hydroxylation is 1. The Hall–Kier alpha value is -4.40. The molecular weight excluding hydrogens is 595 g/mol. The van der Waals surface area contributed by atoms with Crippen LogP contribution in [0.15, 0.2) is 64.6 Å². The molecule has 14 heteroatoms. The minimum atomic E-state index is -4.64. The second-order valence-corrected chi connectivity index (χ2v) is 14.0. The molecule has 1 unspecified atom stereocenters. The molecule has 1 aliphatic rings. The highest BCUT2D eigenvalue weighted by Crippen LogP contribution is 2.42. The van der Waals surface area contributed by atoms with Crippen LogP contribution in [0.3, 0.4) is 0 Å². The third-order valence-corrected chi connectivity index (χ3v) is 9.15. The van der Waals surface area contributed by atoms with Crippen LogP contribution in [-0.2, 0) is 22.6 Å². The fourth-order valence-electron chi connectivity index (χ4n) is 5.15. The zero-order chi connectivity index (χ0) is 32.4. The van der Waals surface area contributed by atoms with Crippen LogP contribution in [0.25, 0.3) is 0 Å². The van der Waals surface area contributed by atoms with Crippen molar-refractivity contribution in [3.8, 4) is 12.1 Å². The van der Waals surface area contributed by atoms with Crippen molar-refractivity contribution in [3.05, 3.63) is 87.0 Å². The highest BCUT2D eigenvalue weighted by molar-refractivity contribution is 7.91. The van der Waals surface area contributed by atoms with Crippen molar-refractivity contribution >= 4 is 21.5 Å². The first kappa shape index (κ1) is 32.5. The molecule has 2 aromatic carbocycles. The molecule has 0 spiro atoms. The SMILES string of the molecule is CC1=C(C#N)C(c2ccc(C#N)cc2)n2c(nn(CCCS(=O)(=O)CCC[N+](C)(C)C)c2=O)N1c1cccc(C(F)(F)F)c1. The van der Waals surface area contributed by atoms with E-state index in [0.29, 0.717) is 28.6 Å². The van der Waals surface area contributed by atoms with Gasteiger partial charge in [-0.3, -0.25) is 4.90 Å². The molecule has 44 heavy (non-hydrogen) atoms. The zero-order valence-corrected chi connectivity index (χ0v) is 25.7. The van der Waals surface area contributed by atoms with Gasteiger partial charge in [0.05, 0.1) is 68.0 Å². The number of quaternary nitrogens is 1. The molecule has 0 saturated heterocycles. The largest absolute Gasteiger partial charge is 0.416 e. The van der Waals surface area contributed by atoms with Crippen LogP contribution in [0.1, 0.15) is 42.5 Å². The number of hydrogen-bond acceptors (Lipinski definition) is 7. The Balaban J connectivity index is 1.77. The summed E-state index contributed by atoms with van der Waals surface area (Å²) in [7, 11) is 2.52. The molecule has 0 saturated carbocycles. The van der Waals surface area contributed by atoms with Gasteiger partial charge in [-0.1, -0.05) is 18.2 Å². The van der Waals surface area contributed by atoms with Gasteiger partial charge in [0.25, 0.3) is 0 Å². The predicted molar refractivity (Wildman–Crippen MR) is 158 cm³/mol. The van der Waals surface area contributed by atoms with Crippen LogP contribution < -0.4 is 10.6 Å². The van der Waals surface area contributed by atoms with E-state index >= 15 is 0 Å². The summed E-state index contributed by atoms with van der Waals surface area (Å²) in [6.07, 6.45) is -4.06. The first-order valence-electron chi connectivity index (χ1n) is 13.8. The lowest BCUT2D eigenvalue weighted by molar-refractivity contribution is -0.870. The number of halogens is 3. The van der Waals surface area contributed by atoms with Gasteiger partial charge in [-0.05, 0) is 49.2 Å². The predicted octanol–water partition coefficient (Wildman–Crippen LogP) is 4.38. The van der Waals surface area contributed by atoms with Crippen LogP contribution >= 0.6 is 0 Å². The van der Waals surface area contributed by atoms with Crippen LogP contribution in [0.2, 0.25) is 0 Å². The summed E-state index contributed by atoms with van der Waals surface area (Å²) in [4.78, 5) is 15.2. The van der Waals surface area contributed by atoms with Gasteiger partial charge in [0.1, 0.15) is 6.04 Å². The fraction of sp³-hybridized carbons (Fsp3) is 0.400. The average molecular weight is 629 g/mol.